The molecule has 0 atom stereocenters. The van der Waals surface area contributed by atoms with Crippen LogP contribution < -0.4 is 23.7 Å². The molecule has 7 heteroatoms. The number of aliphatic hydroxyl groups is 1. The zero-order valence-electron chi connectivity index (χ0n) is 16.2. The van der Waals surface area contributed by atoms with Gasteiger partial charge in [-0.1, -0.05) is 6.07 Å². The summed E-state index contributed by atoms with van der Waals surface area (Å²) in [6.07, 6.45) is 1.66. The SMILES string of the molecule is COc1cc(CCc2ccc3c(c2)OCO3)cc(OC)c1OCCOCCO. The van der Waals surface area contributed by atoms with E-state index >= 15 is 0 Å². The van der Waals surface area contributed by atoms with Gasteiger partial charge in [-0.05, 0) is 48.2 Å². The van der Waals surface area contributed by atoms with Crippen molar-refractivity contribution >= 4 is 0 Å². The third-order valence-corrected chi connectivity index (χ3v) is 4.37. The van der Waals surface area contributed by atoms with Crippen LogP contribution in [0.25, 0.3) is 0 Å². The maximum Gasteiger partial charge on any atom is 0.231 e. The van der Waals surface area contributed by atoms with Gasteiger partial charge in [-0.3, -0.25) is 0 Å². The molecule has 0 amide bonds. The summed E-state index contributed by atoms with van der Waals surface area (Å²) in [5, 5.41) is 8.74. The second-order valence-electron chi connectivity index (χ2n) is 6.20. The maximum absolute atomic E-state index is 8.74. The average Bonchev–Trinajstić information content (AvgIpc) is 3.20. The topological polar surface area (TPSA) is 75.6 Å². The molecule has 1 aliphatic rings. The second-order valence-corrected chi connectivity index (χ2v) is 6.20. The molecule has 0 saturated heterocycles. The second kappa shape index (κ2) is 10.1. The first-order valence-electron chi connectivity index (χ1n) is 9.20. The van der Waals surface area contributed by atoms with E-state index < -0.39 is 0 Å². The quantitative estimate of drug-likeness (QED) is 0.591. The van der Waals surface area contributed by atoms with Gasteiger partial charge in [0, 0.05) is 0 Å². The molecule has 0 unspecified atom stereocenters. The molecule has 2 aromatic carbocycles. The minimum atomic E-state index is -0.00922. The maximum atomic E-state index is 8.74. The average molecular weight is 390 g/mol. The highest BCUT2D eigenvalue weighted by atomic mass is 16.7. The van der Waals surface area contributed by atoms with Gasteiger partial charge in [0.2, 0.25) is 12.5 Å². The number of ether oxygens (including phenoxy) is 6. The number of aliphatic hydroxyl groups excluding tert-OH is 1. The Labute approximate surface area is 164 Å². The fraction of sp³-hybridized carbons (Fsp3) is 0.429. The summed E-state index contributed by atoms with van der Waals surface area (Å²) < 4.78 is 32.8. The van der Waals surface area contributed by atoms with E-state index in [0.717, 1.165) is 29.9 Å². The molecular formula is C21H26O7. The van der Waals surface area contributed by atoms with Gasteiger partial charge < -0.3 is 33.5 Å². The zero-order chi connectivity index (χ0) is 19.8. The number of hydrogen-bond acceptors (Lipinski definition) is 7. The van der Waals surface area contributed by atoms with Gasteiger partial charge in [0.15, 0.2) is 23.0 Å². The molecule has 3 rings (SSSR count). The molecule has 0 radical (unpaired) electrons. The highest BCUT2D eigenvalue weighted by molar-refractivity contribution is 5.54. The molecule has 7 nitrogen and oxygen atoms in total. The Hall–Kier alpha value is -2.64. The lowest BCUT2D eigenvalue weighted by atomic mass is 10.0. The molecule has 0 saturated carbocycles. The number of methoxy groups -OCH3 is 2. The van der Waals surface area contributed by atoms with E-state index in [1.165, 1.54) is 5.56 Å². The molecule has 1 aliphatic heterocycles. The molecule has 2 aromatic rings. The van der Waals surface area contributed by atoms with E-state index in [0.29, 0.717) is 30.5 Å². The Bertz CT molecular complexity index is 750. The van der Waals surface area contributed by atoms with Crippen molar-refractivity contribution in [3.63, 3.8) is 0 Å². The first-order valence-corrected chi connectivity index (χ1v) is 9.20. The zero-order valence-corrected chi connectivity index (χ0v) is 16.2. The van der Waals surface area contributed by atoms with Crippen LogP contribution in [0.2, 0.25) is 0 Å². The van der Waals surface area contributed by atoms with Crippen molar-refractivity contribution in [3.05, 3.63) is 41.5 Å². The predicted molar refractivity (Wildman–Crippen MR) is 103 cm³/mol. The van der Waals surface area contributed by atoms with Crippen molar-refractivity contribution in [1.29, 1.82) is 0 Å². The molecule has 0 aliphatic carbocycles. The van der Waals surface area contributed by atoms with Gasteiger partial charge in [-0.15, -0.1) is 0 Å². The number of rotatable bonds is 11. The largest absolute Gasteiger partial charge is 0.493 e. The van der Waals surface area contributed by atoms with Crippen molar-refractivity contribution in [2.45, 2.75) is 12.8 Å². The number of benzene rings is 2. The molecule has 0 aromatic heterocycles. The van der Waals surface area contributed by atoms with Crippen molar-refractivity contribution in [2.75, 3.05) is 47.4 Å². The summed E-state index contributed by atoms with van der Waals surface area (Å²) in [4.78, 5) is 0. The van der Waals surface area contributed by atoms with Gasteiger partial charge in [0.1, 0.15) is 6.61 Å². The number of hydrogen-bond donors (Lipinski definition) is 1. The Morgan fingerprint density at radius 3 is 2.29 bits per heavy atom. The first-order chi connectivity index (χ1) is 13.7. The summed E-state index contributed by atoms with van der Waals surface area (Å²) in [5.74, 6) is 3.35. The lowest BCUT2D eigenvalue weighted by molar-refractivity contribution is 0.0692. The molecule has 0 fully saturated rings. The Balaban J connectivity index is 1.66. The van der Waals surface area contributed by atoms with Crippen LogP contribution in [0.1, 0.15) is 11.1 Å². The molecule has 1 heterocycles. The van der Waals surface area contributed by atoms with Crippen LogP contribution in [0.4, 0.5) is 0 Å². The fourth-order valence-electron chi connectivity index (χ4n) is 2.98. The fourth-order valence-corrected chi connectivity index (χ4v) is 2.98. The van der Waals surface area contributed by atoms with Gasteiger partial charge in [-0.25, -0.2) is 0 Å². The molecule has 0 bridgehead atoms. The predicted octanol–water partition coefficient (Wildman–Crippen LogP) is 2.61. The van der Waals surface area contributed by atoms with Gasteiger partial charge in [-0.2, -0.15) is 0 Å². The van der Waals surface area contributed by atoms with Crippen LogP contribution in [0.5, 0.6) is 28.7 Å². The van der Waals surface area contributed by atoms with E-state index in [1.54, 1.807) is 14.2 Å². The van der Waals surface area contributed by atoms with Crippen molar-refractivity contribution in [1.82, 2.24) is 0 Å². The lowest BCUT2D eigenvalue weighted by Gasteiger charge is -2.16. The van der Waals surface area contributed by atoms with Gasteiger partial charge in [0.05, 0.1) is 34.0 Å². The Morgan fingerprint density at radius 2 is 1.57 bits per heavy atom. The molecule has 28 heavy (non-hydrogen) atoms. The summed E-state index contributed by atoms with van der Waals surface area (Å²) in [5.41, 5.74) is 2.25. The van der Waals surface area contributed by atoms with Crippen molar-refractivity contribution in [3.8, 4) is 28.7 Å². The molecule has 152 valence electrons. The molecule has 1 N–H and O–H groups in total. The van der Waals surface area contributed by atoms with E-state index in [9.17, 15) is 0 Å². The lowest BCUT2D eigenvalue weighted by Crippen LogP contribution is -2.10. The van der Waals surface area contributed by atoms with Crippen LogP contribution in [-0.4, -0.2) is 52.5 Å². The normalized spacial score (nSPS) is 12.1. The van der Waals surface area contributed by atoms with Crippen molar-refractivity contribution < 1.29 is 33.5 Å². The van der Waals surface area contributed by atoms with Gasteiger partial charge in [0.25, 0.3) is 0 Å². The highest BCUT2D eigenvalue weighted by Crippen LogP contribution is 2.39. The summed E-state index contributed by atoms with van der Waals surface area (Å²) in [6.45, 7) is 1.27. The van der Waals surface area contributed by atoms with Crippen LogP contribution >= 0.6 is 0 Å². The van der Waals surface area contributed by atoms with Gasteiger partial charge >= 0.3 is 0 Å². The van der Waals surface area contributed by atoms with Crippen LogP contribution in [0.3, 0.4) is 0 Å². The number of fused-ring (bicyclic) bond motifs is 1. The van der Waals surface area contributed by atoms with Crippen LogP contribution in [0.15, 0.2) is 30.3 Å². The summed E-state index contributed by atoms with van der Waals surface area (Å²) in [7, 11) is 3.21. The number of aryl methyl sites for hydroxylation is 2. The Kier molecular flexibility index (Phi) is 7.22. The summed E-state index contributed by atoms with van der Waals surface area (Å²) >= 11 is 0. The van der Waals surface area contributed by atoms with Crippen LogP contribution in [-0.2, 0) is 17.6 Å². The third kappa shape index (κ3) is 4.99. The smallest absolute Gasteiger partial charge is 0.231 e. The monoisotopic (exact) mass is 390 g/mol. The van der Waals surface area contributed by atoms with E-state index in [1.807, 2.05) is 30.3 Å². The molecule has 0 spiro atoms. The highest BCUT2D eigenvalue weighted by Gasteiger charge is 2.16. The Morgan fingerprint density at radius 1 is 0.857 bits per heavy atom. The standard InChI is InChI=1S/C21H26O7/c1-23-19-12-16(4-3-15-5-6-17-18(11-15)28-14-27-17)13-20(24-2)21(19)26-10-9-25-8-7-22/h5-6,11-13,22H,3-4,7-10,14H2,1-2H3. The molecular weight excluding hydrogens is 364 g/mol. The van der Waals surface area contributed by atoms with E-state index in [-0.39, 0.29) is 20.0 Å². The first kappa shape index (κ1) is 20.1. The van der Waals surface area contributed by atoms with Crippen molar-refractivity contribution in [2.24, 2.45) is 0 Å². The van der Waals surface area contributed by atoms with Crippen LogP contribution in [0, 0.1) is 0 Å². The van der Waals surface area contributed by atoms with E-state index in [2.05, 4.69) is 0 Å². The minimum absolute atomic E-state index is 0.00922. The summed E-state index contributed by atoms with van der Waals surface area (Å²) in [6, 6.07) is 9.92. The minimum Gasteiger partial charge on any atom is -0.493 e. The van der Waals surface area contributed by atoms with E-state index in [4.69, 9.17) is 33.5 Å². The third-order valence-electron chi connectivity index (χ3n) is 4.37.